The summed E-state index contributed by atoms with van der Waals surface area (Å²) < 4.78 is 5.09. The van der Waals surface area contributed by atoms with Crippen molar-refractivity contribution in [2.24, 2.45) is 0 Å². The highest BCUT2D eigenvalue weighted by Crippen LogP contribution is 2.15. The van der Waals surface area contributed by atoms with Crippen LogP contribution in [0.25, 0.3) is 0 Å². The van der Waals surface area contributed by atoms with Crippen LogP contribution < -0.4 is 10.6 Å². The van der Waals surface area contributed by atoms with Crippen LogP contribution in [-0.2, 0) is 0 Å². The highest BCUT2D eigenvalue weighted by atomic mass is 16.3. The average molecular weight is 290 g/mol. The standard InChI is InChI=1S/C15H18N2O4/c1-10-6-11(9-21-10)15(20)17-13-4-2-12(3-5-13)16-7-14(19)8-18/h2-6,9,14,16,18-19H,7-8H2,1H3,(H,17,20). The summed E-state index contributed by atoms with van der Waals surface area (Å²) in [5.41, 5.74) is 1.92. The number of aliphatic hydroxyl groups excluding tert-OH is 2. The lowest BCUT2D eigenvalue weighted by molar-refractivity contribution is 0.102. The number of benzene rings is 1. The van der Waals surface area contributed by atoms with Crippen molar-refractivity contribution >= 4 is 17.3 Å². The molecule has 112 valence electrons. The summed E-state index contributed by atoms with van der Waals surface area (Å²) in [6, 6.07) is 8.72. The zero-order chi connectivity index (χ0) is 15.2. The third kappa shape index (κ3) is 4.34. The number of nitrogens with one attached hydrogen (secondary N) is 2. The van der Waals surface area contributed by atoms with Gasteiger partial charge in [0.1, 0.15) is 12.0 Å². The minimum absolute atomic E-state index is 0.233. The number of aryl methyl sites for hydroxylation is 1. The number of rotatable bonds is 6. The minimum atomic E-state index is -0.797. The van der Waals surface area contributed by atoms with E-state index < -0.39 is 6.10 Å². The van der Waals surface area contributed by atoms with Gasteiger partial charge in [-0.1, -0.05) is 0 Å². The Bertz CT molecular complexity index is 592. The second-order valence-electron chi connectivity index (χ2n) is 4.69. The van der Waals surface area contributed by atoms with E-state index in [-0.39, 0.29) is 19.1 Å². The zero-order valence-electron chi connectivity index (χ0n) is 11.7. The molecular formula is C15H18N2O4. The summed E-state index contributed by atoms with van der Waals surface area (Å²) in [6.45, 7) is 1.75. The van der Waals surface area contributed by atoms with Crippen molar-refractivity contribution in [3.05, 3.63) is 47.9 Å². The van der Waals surface area contributed by atoms with Gasteiger partial charge < -0.3 is 25.3 Å². The molecule has 21 heavy (non-hydrogen) atoms. The number of amides is 1. The van der Waals surface area contributed by atoms with Crippen molar-refractivity contribution < 1.29 is 19.4 Å². The third-order valence-corrected chi connectivity index (χ3v) is 2.89. The van der Waals surface area contributed by atoms with Gasteiger partial charge in [-0.15, -0.1) is 0 Å². The number of carbonyl (C=O) groups is 1. The Hall–Kier alpha value is -2.31. The molecule has 1 unspecified atom stereocenters. The molecule has 1 aromatic heterocycles. The molecule has 0 fully saturated rings. The summed E-state index contributed by atoms with van der Waals surface area (Å²) in [5.74, 6) is 0.449. The van der Waals surface area contributed by atoms with Crippen molar-refractivity contribution in [3.8, 4) is 0 Å². The number of carbonyl (C=O) groups excluding carboxylic acids is 1. The van der Waals surface area contributed by atoms with E-state index in [0.29, 0.717) is 17.0 Å². The lowest BCUT2D eigenvalue weighted by Crippen LogP contribution is -2.22. The van der Waals surface area contributed by atoms with Crippen molar-refractivity contribution in [2.75, 3.05) is 23.8 Å². The van der Waals surface area contributed by atoms with Crippen LogP contribution in [0.5, 0.6) is 0 Å². The van der Waals surface area contributed by atoms with Crippen LogP contribution in [0.1, 0.15) is 16.1 Å². The van der Waals surface area contributed by atoms with E-state index in [2.05, 4.69) is 10.6 Å². The molecule has 0 aliphatic heterocycles. The van der Waals surface area contributed by atoms with E-state index in [1.165, 1.54) is 6.26 Å². The van der Waals surface area contributed by atoms with Crippen molar-refractivity contribution in [1.82, 2.24) is 0 Å². The molecule has 1 aromatic carbocycles. The third-order valence-electron chi connectivity index (χ3n) is 2.89. The monoisotopic (exact) mass is 290 g/mol. The van der Waals surface area contributed by atoms with Gasteiger partial charge in [0, 0.05) is 17.9 Å². The molecule has 0 aliphatic rings. The van der Waals surface area contributed by atoms with Crippen molar-refractivity contribution in [3.63, 3.8) is 0 Å². The SMILES string of the molecule is Cc1cc(C(=O)Nc2ccc(NCC(O)CO)cc2)co1. The molecule has 0 spiro atoms. The van der Waals surface area contributed by atoms with Crippen LogP contribution in [0.15, 0.2) is 41.0 Å². The van der Waals surface area contributed by atoms with Crippen LogP contribution in [0.2, 0.25) is 0 Å². The highest BCUT2D eigenvalue weighted by molar-refractivity contribution is 6.04. The Balaban J connectivity index is 1.91. The van der Waals surface area contributed by atoms with E-state index in [4.69, 9.17) is 9.52 Å². The predicted octanol–water partition coefficient (Wildman–Crippen LogP) is 1.61. The number of hydrogen-bond donors (Lipinski definition) is 4. The van der Waals surface area contributed by atoms with Crippen molar-refractivity contribution in [2.45, 2.75) is 13.0 Å². The quantitative estimate of drug-likeness (QED) is 0.648. The lowest BCUT2D eigenvalue weighted by atomic mass is 10.2. The van der Waals surface area contributed by atoms with Crippen LogP contribution in [-0.4, -0.2) is 35.4 Å². The summed E-state index contributed by atoms with van der Waals surface area (Å²) in [7, 11) is 0. The van der Waals surface area contributed by atoms with Crippen molar-refractivity contribution in [1.29, 1.82) is 0 Å². The normalized spacial score (nSPS) is 12.0. The molecule has 6 nitrogen and oxygen atoms in total. The second-order valence-corrected chi connectivity index (χ2v) is 4.69. The van der Waals surface area contributed by atoms with Gasteiger partial charge in [0.05, 0.1) is 18.3 Å². The maximum Gasteiger partial charge on any atom is 0.258 e. The van der Waals surface area contributed by atoms with E-state index in [0.717, 1.165) is 5.69 Å². The molecule has 0 bridgehead atoms. The van der Waals surface area contributed by atoms with E-state index in [1.807, 2.05) is 0 Å². The summed E-state index contributed by atoms with van der Waals surface area (Å²) in [6.07, 6.45) is 0.616. The fourth-order valence-electron chi connectivity index (χ4n) is 1.74. The van der Waals surface area contributed by atoms with Gasteiger partial charge in [-0.2, -0.15) is 0 Å². The molecule has 2 rings (SSSR count). The van der Waals surface area contributed by atoms with Gasteiger partial charge in [0.2, 0.25) is 0 Å². The number of hydrogen-bond acceptors (Lipinski definition) is 5. The molecule has 0 saturated carbocycles. The smallest absolute Gasteiger partial charge is 0.258 e. The summed E-state index contributed by atoms with van der Waals surface area (Å²) in [4.78, 5) is 11.9. The van der Waals surface area contributed by atoms with Gasteiger partial charge in [-0.25, -0.2) is 0 Å². The Kier molecular flexibility index (Phi) is 4.97. The lowest BCUT2D eigenvalue weighted by Gasteiger charge is -2.11. The van der Waals surface area contributed by atoms with Crippen LogP contribution in [0, 0.1) is 6.92 Å². The first-order valence-electron chi connectivity index (χ1n) is 6.58. The maximum atomic E-state index is 11.9. The van der Waals surface area contributed by atoms with Gasteiger partial charge in [0.15, 0.2) is 0 Å². The molecule has 0 aliphatic carbocycles. The average Bonchev–Trinajstić information content (AvgIpc) is 2.93. The first-order chi connectivity index (χ1) is 10.1. The molecule has 1 amide bonds. The zero-order valence-corrected chi connectivity index (χ0v) is 11.7. The predicted molar refractivity (Wildman–Crippen MR) is 79.4 cm³/mol. The molecule has 0 radical (unpaired) electrons. The number of aliphatic hydroxyl groups is 2. The largest absolute Gasteiger partial charge is 0.469 e. The molecular weight excluding hydrogens is 272 g/mol. The molecule has 4 N–H and O–H groups in total. The minimum Gasteiger partial charge on any atom is -0.469 e. The Morgan fingerprint density at radius 3 is 2.52 bits per heavy atom. The number of anilines is 2. The Morgan fingerprint density at radius 1 is 1.29 bits per heavy atom. The molecule has 6 heteroatoms. The fourth-order valence-corrected chi connectivity index (χ4v) is 1.74. The van der Waals surface area contributed by atoms with Gasteiger partial charge in [-0.3, -0.25) is 4.79 Å². The molecule has 1 atom stereocenters. The van der Waals surface area contributed by atoms with Crippen LogP contribution in [0.4, 0.5) is 11.4 Å². The van der Waals surface area contributed by atoms with Gasteiger partial charge in [-0.05, 0) is 37.3 Å². The maximum absolute atomic E-state index is 11.9. The molecule has 2 aromatic rings. The summed E-state index contributed by atoms with van der Waals surface area (Å²) in [5, 5.41) is 23.7. The van der Waals surface area contributed by atoms with Crippen LogP contribution in [0.3, 0.4) is 0 Å². The molecule has 0 saturated heterocycles. The first kappa shape index (κ1) is 15.1. The second kappa shape index (κ2) is 6.92. The number of furan rings is 1. The summed E-state index contributed by atoms with van der Waals surface area (Å²) >= 11 is 0. The van der Waals surface area contributed by atoms with E-state index in [9.17, 15) is 9.90 Å². The Labute approximate surface area is 122 Å². The molecule has 1 heterocycles. The highest BCUT2D eigenvalue weighted by Gasteiger charge is 2.09. The van der Waals surface area contributed by atoms with Gasteiger partial charge in [0.25, 0.3) is 5.91 Å². The first-order valence-corrected chi connectivity index (χ1v) is 6.58. The van der Waals surface area contributed by atoms with Crippen LogP contribution >= 0.6 is 0 Å². The Morgan fingerprint density at radius 2 is 1.95 bits per heavy atom. The van der Waals surface area contributed by atoms with E-state index in [1.54, 1.807) is 37.3 Å². The van der Waals surface area contributed by atoms with Gasteiger partial charge >= 0.3 is 0 Å². The van der Waals surface area contributed by atoms with E-state index >= 15 is 0 Å². The topological polar surface area (TPSA) is 94.7 Å². The fraction of sp³-hybridized carbons (Fsp3) is 0.267.